The zero-order chi connectivity index (χ0) is 19.8. The molecule has 0 fully saturated rings. The number of halogens is 1. The molecule has 0 saturated heterocycles. The molecule has 1 aliphatic heterocycles. The van der Waals surface area contributed by atoms with E-state index in [4.69, 9.17) is 11.6 Å². The summed E-state index contributed by atoms with van der Waals surface area (Å²) >= 11 is 5.81. The SMILES string of the molecule is CN(C)C(=O)Cc1cccc(NC2=NS(=O)(=O)c3cc(Cl)cc(O)c3N2)c1. The third kappa shape index (κ3) is 4.15. The van der Waals surface area contributed by atoms with Crippen LogP contribution < -0.4 is 10.6 Å². The number of sulfonamides is 1. The number of nitrogens with zero attached hydrogens (tertiary/aromatic N) is 2. The number of phenols is 1. The molecule has 1 aliphatic rings. The number of hydrogen-bond acceptors (Lipinski definition) is 6. The lowest BCUT2D eigenvalue weighted by Crippen LogP contribution is -2.28. The summed E-state index contributed by atoms with van der Waals surface area (Å²) in [5.74, 6) is -0.435. The average molecular weight is 409 g/mol. The first-order valence-electron chi connectivity index (χ1n) is 7.86. The van der Waals surface area contributed by atoms with E-state index in [1.165, 1.54) is 17.0 Å². The van der Waals surface area contributed by atoms with Crippen molar-refractivity contribution in [1.29, 1.82) is 0 Å². The Hall–Kier alpha value is -2.78. The van der Waals surface area contributed by atoms with E-state index >= 15 is 0 Å². The van der Waals surface area contributed by atoms with Crippen molar-refractivity contribution in [3.05, 3.63) is 47.0 Å². The summed E-state index contributed by atoms with van der Waals surface area (Å²) < 4.78 is 28.4. The summed E-state index contributed by atoms with van der Waals surface area (Å²) in [7, 11) is -0.693. The first-order chi connectivity index (χ1) is 12.7. The maximum absolute atomic E-state index is 12.4. The van der Waals surface area contributed by atoms with E-state index < -0.39 is 10.0 Å². The Bertz CT molecular complexity index is 1050. The Morgan fingerprint density at radius 2 is 2.04 bits per heavy atom. The summed E-state index contributed by atoms with van der Waals surface area (Å²) in [6.45, 7) is 0. The van der Waals surface area contributed by atoms with Crippen LogP contribution in [0.15, 0.2) is 45.7 Å². The van der Waals surface area contributed by atoms with Gasteiger partial charge in [-0.25, -0.2) is 0 Å². The topological polar surface area (TPSA) is 111 Å². The molecule has 2 aromatic rings. The van der Waals surface area contributed by atoms with Crippen LogP contribution >= 0.6 is 11.6 Å². The van der Waals surface area contributed by atoms with E-state index in [1.807, 2.05) is 0 Å². The third-order valence-corrected chi connectivity index (χ3v) is 5.34. The van der Waals surface area contributed by atoms with Gasteiger partial charge in [0.15, 0.2) is 0 Å². The molecule has 27 heavy (non-hydrogen) atoms. The molecule has 3 N–H and O–H groups in total. The van der Waals surface area contributed by atoms with Crippen molar-refractivity contribution in [2.24, 2.45) is 4.40 Å². The standard InChI is InChI=1S/C17H17ClN4O4S/c1-22(2)15(24)7-10-4-3-5-12(6-10)19-17-20-16-13(23)8-11(18)9-14(16)27(25,26)21-17/h3-6,8-9,23H,7H2,1-2H3,(H2,19,20,21). The molecule has 3 rings (SSSR count). The fourth-order valence-electron chi connectivity index (χ4n) is 2.49. The van der Waals surface area contributed by atoms with Crippen LogP contribution in [0.4, 0.5) is 11.4 Å². The highest BCUT2D eigenvalue weighted by Gasteiger charge is 2.28. The van der Waals surface area contributed by atoms with Crippen LogP contribution in [0.1, 0.15) is 5.56 Å². The van der Waals surface area contributed by atoms with Gasteiger partial charge in [-0.15, -0.1) is 4.40 Å². The van der Waals surface area contributed by atoms with Gasteiger partial charge in [0.1, 0.15) is 16.3 Å². The molecular formula is C17H17ClN4O4S. The average Bonchev–Trinajstić information content (AvgIpc) is 2.56. The van der Waals surface area contributed by atoms with Crippen molar-refractivity contribution in [2.75, 3.05) is 24.7 Å². The highest BCUT2D eigenvalue weighted by molar-refractivity contribution is 7.90. The van der Waals surface area contributed by atoms with Crippen LogP contribution in [-0.4, -0.2) is 44.4 Å². The van der Waals surface area contributed by atoms with E-state index in [-0.39, 0.29) is 39.6 Å². The number of hydrogen-bond donors (Lipinski definition) is 3. The predicted octanol–water partition coefficient (Wildman–Crippen LogP) is 2.26. The van der Waals surface area contributed by atoms with Gasteiger partial charge in [-0.05, 0) is 23.8 Å². The van der Waals surface area contributed by atoms with Gasteiger partial charge in [0, 0.05) is 30.9 Å². The molecule has 8 nitrogen and oxygen atoms in total. The molecule has 10 heteroatoms. The Kier molecular flexibility index (Phi) is 4.99. The van der Waals surface area contributed by atoms with Gasteiger partial charge in [0.25, 0.3) is 10.0 Å². The molecule has 0 aromatic heterocycles. The number of benzene rings is 2. The van der Waals surface area contributed by atoms with Crippen LogP contribution in [0.25, 0.3) is 0 Å². The van der Waals surface area contributed by atoms with Crippen LogP contribution in [0.3, 0.4) is 0 Å². The second-order valence-corrected chi connectivity index (χ2v) is 8.14. The zero-order valence-corrected chi connectivity index (χ0v) is 16.1. The molecule has 0 bridgehead atoms. The van der Waals surface area contributed by atoms with Gasteiger partial charge in [-0.2, -0.15) is 8.42 Å². The van der Waals surface area contributed by atoms with Crippen molar-refractivity contribution in [2.45, 2.75) is 11.3 Å². The number of phenolic OH excluding ortho intramolecular Hbond substituents is 1. The number of carbonyl (C=O) groups is 1. The summed E-state index contributed by atoms with van der Waals surface area (Å²) in [5.41, 5.74) is 1.29. The second-order valence-electron chi connectivity index (χ2n) is 6.13. The normalized spacial score (nSPS) is 14.6. The van der Waals surface area contributed by atoms with Gasteiger partial charge in [0.2, 0.25) is 11.9 Å². The van der Waals surface area contributed by atoms with Crippen LogP contribution in [0.5, 0.6) is 5.75 Å². The molecule has 2 aromatic carbocycles. The Labute approximate surface area is 161 Å². The fourth-order valence-corrected chi connectivity index (χ4v) is 3.89. The first kappa shape index (κ1) is 19.0. The lowest BCUT2D eigenvalue weighted by Gasteiger charge is -2.20. The minimum absolute atomic E-state index is 0.00385. The number of rotatable bonds is 3. The number of anilines is 2. The monoisotopic (exact) mass is 408 g/mol. The van der Waals surface area contributed by atoms with Crippen LogP contribution in [0.2, 0.25) is 5.02 Å². The largest absolute Gasteiger partial charge is 0.506 e. The minimum Gasteiger partial charge on any atom is -0.506 e. The Morgan fingerprint density at radius 1 is 1.30 bits per heavy atom. The zero-order valence-electron chi connectivity index (χ0n) is 14.5. The molecule has 0 spiro atoms. The summed E-state index contributed by atoms with van der Waals surface area (Å²) in [6, 6.07) is 9.41. The predicted molar refractivity (Wildman–Crippen MR) is 104 cm³/mol. The first-order valence-corrected chi connectivity index (χ1v) is 9.68. The van der Waals surface area contributed by atoms with E-state index in [9.17, 15) is 18.3 Å². The van der Waals surface area contributed by atoms with E-state index in [1.54, 1.807) is 38.4 Å². The summed E-state index contributed by atoms with van der Waals surface area (Å²) in [6.07, 6.45) is 0.211. The number of amides is 1. The van der Waals surface area contributed by atoms with Gasteiger partial charge in [-0.3, -0.25) is 4.79 Å². The highest BCUT2D eigenvalue weighted by atomic mass is 35.5. The lowest BCUT2D eigenvalue weighted by atomic mass is 10.1. The molecule has 142 valence electrons. The van der Waals surface area contributed by atoms with Crippen molar-refractivity contribution in [3.63, 3.8) is 0 Å². The molecule has 0 aliphatic carbocycles. The maximum Gasteiger partial charge on any atom is 0.287 e. The van der Waals surface area contributed by atoms with E-state index in [2.05, 4.69) is 15.0 Å². The molecule has 0 unspecified atom stereocenters. The molecule has 1 heterocycles. The smallest absolute Gasteiger partial charge is 0.287 e. The number of nitrogens with one attached hydrogen (secondary N) is 2. The van der Waals surface area contributed by atoms with E-state index in [0.29, 0.717) is 5.69 Å². The molecule has 0 saturated carbocycles. The number of aromatic hydroxyl groups is 1. The third-order valence-electron chi connectivity index (χ3n) is 3.82. The van der Waals surface area contributed by atoms with Crippen molar-refractivity contribution in [3.8, 4) is 5.75 Å². The van der Waals surface area contributed by atoms with Crippen LogP contribution in [0, 0.1) is 0 Å². The molecule has 1 amide bonds. The minimum atomic E-state index is -4.04. The van der Waals surface area contributed by atoms with Crippen molar-refractivity contribution in [1.82, 2.24) is 4.90 Å². The van der Waals surface area contributed by atoms with Crippen molar-refractivity contribution >= 4 is 44.9 Å². The fraction of sp³-hybridized carbons (Fsp3) is 0.176. The Morgan fingerprint density at radius 3 is 2.74 bits per heavy atom. The van der Waals surface area contributed by atoms with E-state index in [0.717, 1.165) is 5.56 Å². The summed E-state index contributed by atoms with van der Waals surface area (Å²) in [4.78, 5) is 13.1. The highest BCUT2D eigenvalue weighted by Crippen LogP contribution is 2.37. The Balaban J connectivity index is 1.87. The molecular weight excluding hydrogens is 392 g/mol. The van der Waals surface area contributed by atoms with Crippen molar-refractivity contribution < 1.29 is 18.3 Å². The number of likely N-dealkylation sites (N-methyl/N-ethyl adjacent to an activating group) is 1. The number of guanidine groups is 1. The van der Waals surface area contributed by atoms with Gasteiger partial charge in [0.05, 0.1) is 6.42 Å². The summed E-state index contributed by atoms with van der Waals surface area (Å²) in [5, 5.41) is 15.7. The molecule has 0 atom stereocenters. The maximum atomic E-state index is 12.4. The van der Waals surface area contributed by atoms with Crippen LogP contribution in [-0.2, 0) is 21.2 Å². The second kappa shape index (κ2) is 7.09. The number of carbonyl (C=O) groups excluding carboxylic acids is 1. The van der Waals surface area contributed by atoms with Gasteiger partial charge < -0.3 is 20.6 Å². The lowest BCUT2D eigenvalue weighted by molar-refractivity contribution is -0.127. The van der Waals surface area contributed by atoms with Gasteiger partial charge in [-0.1, -0.05) is 23.7 Å². The van der Waals surface area contributed by atoms with Gasteiger partial charge >= 0.3 is 0 Å². The molecule has 0 radical (unpaired) electrons. The quantitative estimate of drug-likeness (QED) is 0.672. The number of fused-ring (bicyclic) bond motifs is 1.